The molecular weight excluding hydrogens is 449 g/mol. The van der Waals surface area contributed by atoms with Crippen LogP contribution in [0.3, 0.4) is 0 Å². The SMILES string of the molecule is C[C@@](O)(C(=O)Nc1ccc(S(=O)(=O)c2ccccc2NCCO)cc1Cl)C(F)(F)F. The summed E-state index contributed by atoms with van der Waals surface area (Å²) in [5.74, 6) is -1.77. The van der Waals surface area contributed by atoms with Gasteiger partial charge in [0.05, 0.1) is 32.8 Å². The van der Waals surface area contributed by atoms with E-state index in [1.165, 1.54) is 18.2 Å². The second kappa shape index (κ2) is 8.80. The van der Waals surface area contributed by atoms with E-state index in [0.29, 0.717) is 0 Å². The lowest BCUT2D eigenvalue weighted by Gasteiger charge is -2.25. The zero-order valence-electron chi connectivity index (χ0n) is 15.5. The van der Waals surface area contributed by atoms with E-state index in [1.807, 2.05) is 5.32 Å². The fraction of sp³-hybridized carbons (Fsp3) is 0.278. The van der Waals surface area contributed by atoms with Gasteiger partial charge in [0.25, 0.3) is 5.91 Å². The fourth-order valence-corrected chi connectivity index (χ4v) is 4.06. The van der Waals surface area contributed by atoms with Crippen molar-refractivity contribution in [3.05, 3.63) is 47.5 Å². The van der Waals surface area contributed by atoms with Crippen LogP contribution in [0.25, 0.3) is 0 Å². The number of halogens is 4. The van der Waals surface area contributed by atoms with Crippen molar-refractivity contribution in [3.63, 3.8) is 0 Å². The molecule has 12 heteroatoms. The maximum absolute atomic E-state index is 13.0. The standard InChI is InChI=1S/C18H18ClF3N2O5S/c1-17(27,18(20,21)22)16(26)24-13-7-6-11(10-12(13)19)30(28,29)15-5-3-2-4-14(15)23-8-9-25/h2-7,10,23,25,27H,8-9H2,1H3,(H,24,26)/t17-/m1/s1. The average molecular weight is 467 g/mol. The van der Waals surface area contributed by atoms with E-state index >= 15 is 0 Å². The Balaban J connectivity index is 2.37. The number of hydrogen-bond acceptors (Lipinski definition) is 6. The van der Waals surface area contributed by atoms with Gasteiger partial charge in [0.2, 0.25) is 15.4 Å². The second-order valence-corrected chi connectivity index (χ2v) is 8.64. The van der Waals surface area contributed by atoms with Gasteiger partial charge in [-0.1, -0.05) is 23.7 Å². The first kappa shape index (κ1) is 23.9. The molecule has 4 N–H and O–H groups in total. The van der Waals surface area contributed by atoms with Crippen LogP contribution in [-0.2, 0) is 14.6 Å². The molecule has 0 aliphatic carbocycles. The lowest BCUT2D eigenvalue weighted by atomic mass is 10.1. The predicted octanol–water partition coefficient (Wildman–Crippen LogP) is 2.83. The topological polar surface area (TPSA) is 116 Å². The van der Waals surface area contributed by atoms with Crippen LogP contribution in [-0.4, -0.2) is 49.5 Å². The number of hydrogen-bond donors (Lipinski definition) is 4. The Labute approximate surface area is 175 Å². The van der Waals surface area contributed by atoms with Crippen LogP contribution >= 0.6 is 11.6 Å². The zero-order chi connectivity index (χ0) is 22.7. The summed E-state index contributed by atoms with van der Waals surface area (Å²) in [4.78, 5) is 11.4. The molecule has 0 radical (unpaired) electrons. The normalized spacial score (nSPS) is 14.1. The van der Waals surface area contributed by atoms with Crippen LogP contribution in [0.2, 0.25) is 5.02 Å². The minimum Gasteiger partial charge on any atom is -0.395 e. The summed E-state index contributed by atoms with van der Waals surface area (Å²) >= 11 is 5.96. The van der Waals surface area contributed by atoms with E-state index in [-0.39, 0.29) is 46.3 Å². The van der Waals surface area contributed by atoms with E-state index in [2.05, 4.69) is 5.32 Å². The first-order valence-electron chi connectivity index (χ1n) is 8.41. The van der Waals surface area contributed by atoms with Crippen molar-refractivity contribution in [3.8, 4) is 0 Å². The molecule has 0 spiro atoms. The van der Waals surface area contributed by atoms with Crippen LogP contribution in [0.1, 0.15) is 6.92 Å². The molecule has 30 heavy (non-hydrogen) atoms. The highest BCUT2D eigenvalue weighted by Crippen LogP contribution is 2.34. The van der Waals surface area contributed by atoms with E-state index in [1.54, 1.807) is 6.07 Å². The highest BCUT2D eigenvalue weighted by molar-refractivity contribution is 7.91. The predicted molar refractivity (Wildman–Crippen MR) is 104 cm³/mol. The van der Waals surface area contributed by atoms with Crippen molar-refractivity contribution in [2.45, 2.75) is 28.5 Å². The van der Waals surface area contributed by atoms with Crippen LogP contribution in [0.4, 0.5) is 24.5 Å². The Kier molecular flexibility index (Phi) is 7.02. The number of carbonyl (C=O) groups excluding carboxylic acids is 1. The van der Waals surface area contributed by atoms with E-state index in [9.17, 15) is 31.5 Å². The Hall–Kier alpha value is -2.34. The average Bonchev–Trinajstić information content (AvgIpc) is 2.67. The molecule has 0 bridgehead atoms. The third kappa shape index (κ3) is 4.86. The molecule has 0 aliphatic rings. The number of aliphatic hydroxyl groups excluding tert-OH is 1. The number of para-hydroxylation sites is 1. The van der Waals surface area contributed by atoms with Crippen molar-refractivity contribution in [2.24, 2.45) is 0 Å². The minimum absolute atomic E-state index is 0.105. The van der Waals surface area contributed by atoms with Crippen LogP contribution in [0.15, 0.2) is 52.3 Å². The molecule has 1 amide bonds. The third-order valence-corrected chi connectivity index (χ3v) is 6.22. The van der Waals surface area contributed by atoms with E-state index in [0.717, 1.165) is 18.2 Å². The summed E-state index contributed by atoms with van der Waals surface area (Å²) in [5.41, 5.74) is -3.74. The first-order chi connectivity index (χ1) is 13.8. The summed E-state index contributed by atoms with van der Waals surface area (Å²) in [7, 11) is -4.09. The maximum atomic E-state index is 13.0. The number of amides is 1. The summed E-state index contributed by atoms with van der Waals surface area (Å²) in [6.07, 6.45) is -5.22. The lowest BCUT2D eigenvalue weighted by molar-refractivity contribution is -0.242. The molecular formula is C18H18ClF3N2O5S. The molecule has 0 heterocycles. The van der Waals surface area contributed by atoms with Gasteiger partial charge < -0.3 is 20.8 Å². The smallest absolute Gasteiger partial charge is 0.395 e. The maximum Gasteiger partial charge on any atom is 0.426 e. The van der Waals surface area contributed by atoms with Crippen molar-refractivity contribution in [1.29, 1.82) is 0 Å². The molecule has 2 aromatic carbocycles. The monoisotopic (exact) mass is 466 g/mol. The zero-order valence-corrected chi connectivity index (χ0v) is 17.1. The van der Waals surface area contributed by atoms with Gasteiger partial charge in [0.1, 0.15) is 0 Å². The first-order valence-corrected chi connectivity index (χ1v) is 10.3. The van der Waals surface area contributed by atoms with Gasteiger partial charge in [0.15, 0.2) is 0 Å². The molecule has 0 aromatic heterocycles. The number of carbonyl (C=O) groups is 1. The Morgan fingerprint density at radius 3 is 2.33 bits per heavy atom. The lowest BCUT2D eigenvalue weighted by Crippen LogP contribution is -2.52. The van der Waals surface area contributed by atoms with Gasteiger partial charge in [-0.05, 0) is 37.3 Å². The third-order valence-electron chi connectivity index (χ3n) is 4.10. The number of sulfone groups is 1. The number of rotatable bonds is 7. The Morgan fingerprint density at radius 2 is 1.77 bits per heavy atom. The number of anilines is 2. The van der Waals surface area contributed by atoms with Crippen molar-refractivity contribution in [2.75, 3.05) is 23.8 Å². The molecule has 7 nitrogen and oxygen atoms in total. The summed E-state index contributed by atoms with van der Waals surface area (Å²) in [5, 5.41) is 22.6. The van der Waals surface area contributed by atoms with Gasteiger partial charge in [-0.2, -0.15) is 13.2 Å². The van der Waals surface area contributed by atoms with Gasteiger partial charge in [-0.25, -0.2) is 8.42 Å². The highest BCUT2D eigenvalue weighted by atomic mass is 35.5. The van der Waals surface area contributed by atoms with Crippen LogP contribution < -0.4 is 10.6 Å². The number of alkyl halides is 3. The largest absolute Gasteiger partial charge is 0.426 e. The molecule has 2 aromatic rings. The Morgan fingerprint density at radius 1 is 1.13 bits per heavy atom. The molecule has 0 saturated heterocycles. The van der Waals surface area contributed by atoms with Crippen LogP contribution in [0.5, 0.6) is 0 Å². The van der Waals surface area contributed by atoms with E-state index < -0.39 is 27.5 Å². The summed E-state index contributed by atoms with van der Waals surface area (Å²) in [6.45, 7) is 0.166. The minimum atomic E-state index is -5.22. The van der Waals surface area contributed by atoms with Gasteiger partial charge in [-0.15, -0.1) is 0 Å². The van der Waals surface area contributed by atoms with Crippen molar-refractivity contribution < 1.29 is 36.6 Å². The van der Waals surface area contributed by atoms with Crippen molar-refractivity contribution >= 4 is 38.7 Å². The molecule has 0 saturated carbocycles. The molecule has 0 unspecified atom stereocenters. The fourth-order valence-electron chi connectivity index (χ4n) is 2.30. The van der Waals surface area contributed by atoms with Gasteiger partial charge in [-0.3, -0.25) is 4.79 Å². The van der Waals surface area contributed by atoms with Crippen LogP contribution in [0, 0.1) is 0 Å². The second-order valence-electron chi connectivity index (χ2n) is 6.32. The van der Waals surface area contributed by atoms with Gasteiger partial charge in [0, 0.05) is 6.54 Å². The molecule has 164 valence electrons. The molecule has 1 atom stereocenters. The highest BCUT2D eigenvalue weighted by Gasteiger charge is 2.55. The number of aliphatic hydroxyl groups is 2. The summed E-state index contributed by atoms with van der Waals surface area (Å²) in [6, 6.07) is 8.96. The quantitative estimate of drug-likeness (QED) is 0.498. The van der Waals surface area contributed by atoms with E-state index in [4.69, 9.17) is 16.7 Å². The van der Waals surface area contributed by atoms with Gasteiger partial charge >= 0.3 is 6.18 Å². The molecule has 0 aliphatic heterocycles. The van der Waals surface area contributed by atoms with Crippen molar-refractivity contribution in [1.82, 2.24) is 0 Å². The summed E-state index contributed by atoms with van der Waals surface area (Å²) < 4.78 is 64.2. The number of nitrogens with one attached hydrogen (secondary N) is 2. The molecule has 2 rings (SSSR count). The number of benzene rings is 2. The molecule has 0 fully saturated rings. The Bertz CT molecular complexity index is 1040.